The topological polar surface area (TPSA) is 269 Å². The van der Waals surface area contributed by atoms with Crippen LogP contribution >= 0.6 is 15.2 Å². The highest BCUT2D eigenvalue weighted by atomic mass is 31.2. The van der Waals surface area contributed by atoms with Crippen LogP contribution in [0.1, 0.15) is 80.1 Å². The number of amides is 1. The van der Waals surface area contributed by atoms with Gasteiger partial charge in [-0.2, -0.15) is 0 Å². The molecule has 0 aliphatic rings. The highest BCUT2D eigenvalue weighted by Crippen LogP contribution is 2.44. The summed E-state index contributed by atoms with van der Waals surface area (Å²) in [7, 11) is -6.78. The first-order chi connectivity index (χ1) is 22.8. The molecule has 1 amide bonds. The lowest BCUT2D eigenvalue weighted by molar-refractivity contribution is -0.160. The van der Waals surface area contributed by atoms with Crippen LogP contribution in [0.5, 0.6) is 0 Å². The lowest BCUT2D eigenvalue weighted by Crippen LogP contribution is -2.29. The fourth-order valence-electron chi connectivity index (χ4n) is 2.35. The molecule has 0 radical (unpaired) electrons. The summed E-state index contributed by atoms with van der Waals surface area (Å²) < 4.78 is 63.5. The highest BCUT2D eigenvalue weighted by Gasteiger charge is 2.24. The molecule has 0 aromatic heterocycles. The van der Waals surface area contributed by atoms with Gasteiger partial charge in [0.15, 0.2) is 12.2 Å². The average molecular weight is 753 g/mol. The fraction of sp³-hybridized carbons (Fsp3) is 0.786. The third-order valence-electron chi connectivity index (χ3n) is 5.10. The lowest BCUT2D eigenvalue weighted by atomic mass is 10.4. The van der Waals surface area contributed by atoms with E-state index in [9.17, 15) is 37.9 Å². The van der Waals surface area contributed by atoms with Crippen LogP contribution < -0.4 is 11.1 Å². The molecular weight excluding hydrogens is 698 g/mol. The van der Waals surface area contributed by atoms with Gasteiger partial charge in [0.05, 0.1) is 13.2 Å². The van der Waals surface area contributed by atoms with E-state index in [4.69, 9.17) is 47.9 Å². The van der Waals surface area contributed by atoms with E-state index < -0.39 is 57.2 Å². The number of esters is 4. The van der Waals surface area contributed by atoms with Crippen LogP contribution in [0.4, 0.5) is 0 Å². The first-order valence-electron chi connectivity index (χ1n) is 15.5. The molecule has 49 heavy (non-hydrogen) atoms. The van der Waals surface area contributed by atoms with Gasteiger partial charge in [-0.1, -0.05) is 41.5 Å². The van der Waals surface area contributed by atoms with Crippen LogP contribution in [-0.2, 0) is 74.9 Å². The SMILES string of the molecule is CCC(=O)NCOP(C)(=O)OCC(COC(=O)CC)OC(=O)CC.CCC(=O)O.CCC(=O)OCC(COP(C)(=O)OCN)OC(=O)CC. The molecule has 4 atom stereocenters. The summed E-state index contributed by atoms with van der Waals surface area (Å²) in [4.78, 5) is 65.3. The van der Waals surface area contributed by atoms with Crippen molar-refractivity contribution in [2.24, 2.45) is 5.73 Å². The van der Waals surface area contributed by atoms with Gasteiger partial charge in [-0.15, -0.1) is 0 Å². The summed E-state index contributed by atoms with van der Waals surface area (Å²) >= 11 is 0. The number of hydrogen-bond donors (Lipinski definition) is 3. The van der Waals surface area contributed by atoms with Gasteiger partial charge in [0.2, 0.25) is 5.91 Å². The standard InChI is InChI=1S/C14H26NO8P.C11H22NO7P.C3H6O2/c1-5-12(16)15-10-22-24(4,19)21-9-11(23-14(18)7-3)8-20-13(17)6-2;1-4-10(13)16-6-9(19-11(14)5-2)7-17-20(3,15)18-8-12;1-2-3(4)5/h11H,5-10H2,1-4H3,(H,15,16);9H,4-8,12H2,1-3H3;2H2,1H3,(H,4,5). The number of carboxylic acid groups (broad SMARTS) is 1. The summed E-state index contributed by atoms with van der Waals surface area (Å²) in [5, 5.41) is 10.1. The molecule has 0 heterocycles. The van der Waals surface area contributed by atoms with Crippen molar-refractivity contribution in [1.82, 2.24) is 5.32 Å². The van der Waals surface area contributed by atoms with Gasteiger partial charge in [-0.25, -0.2) is 0 Å². The zero-order valence-corrected chi connectivity index (χ0v) is 31.4. The predicted molar refractivity (Wildman–Crippen MR) is 174 cm³/mol. The molecule has 0 spiro atoms. The molecule has 0 aromatic rings. The van der Waals surface area contributed by atoms with Crippen molar-refractivity contribution < 1.29 is 80.0 Å². The van der Waals surface area contributed by atoms with E-state index in [-0.39, 0.29) is 84.3 Å². The molecule has 4 unspecified atom stereocenters. The summed E-state index contributed by atoms with van der Waals surface area (Å²) in [6.45, 7) is 10.9. The van der Waals surface area contributed by atoms with E-state index in [0.29, 0.717) is 0 Å². The first kappa shape index (κ1) is 50.5. The zero-order valence-electron chi connectivity index (χ0n) is 29.6. The van der Waals surface area contributed by atoms with Crippen molar-refractivity contribution in [2.45, 2.75) is 92.3 Å². The smallest absolute Gasteiger partial charge is 0.329 e. The highest BCUT2D eigenvalue weighted by molar-refractivity contribution is 7.53. The van der Waals surface area contributed by atoms with Gasteiger partial charge in [-0.05, 0) is 0 Å². The maximum atomic E-state index is 12.1. The minimum absolute atomic E-state index is 0.140. The minimum Gasteiger partial charge on any atom is -0.481 e. The van der Waals surface area contributed by atoms with Crippen LogP contribution in [0, 0.1) is 0 Å². The quantitative estimate of drug-likeness (QED) is 0.0585. The Bertz CT molecular complexity index is 1090. The predicted octanol–water partition coefficient (Wildman–Crippen LogP) is 3.12. The Morgan fingerprint density at radius 3 is 1.27 bits per heavy atom. The molecule has 0 fully saturated rings. The van der Waals surface area contributed by atoms with Crippen molar-refractivity contribution in [1.29, 1.82) is 0 Å². The third-order valence-corrected chi connectivity index (χ3v) is 7.55. The zero-order chi connectivity index (χ0) is 38.5. The molecule has 0 aromatic carbocycles. The van der Waals surface area contributed by atoms with E-state index in [0.717, 1.165) is 0 Å². The third kappa shape index (κ3) is 33.4. The van der Waals surface area contributed by atoms with Crippen LogP contribution in [-0.4, -0.2) is 106 Å². The van der Waals surface area contributed by atoms with E-state index in [1.807, 2.05) is 0 Å². The van der Waals surface area contributed by atoms with E-state index in [1.54, 1.807) is 41.5 Å². The molecule has 0 saturated heterocycles. The Morgan fingerprint density at radius 2 is 0.959 bits per heavy atom. The Kier molecular flexibility index (Phi) is 30.8. The van der Waals surface area contributed by atoms with Crippen LogP contribution in [0.15, 0.2) is 0 Å². The second-order valence-corrected chi connectivity index (χ2v) is 13.5. The van der Waals surface area contributed by atoms with Gasteiger partial charge >= 0.3 is 45.0 Å². The number of carboxylic acids is 1. The summed E-state index contributed by atoms with van der Waals surface area (Å²) in [5.74, 6) is -2.86. The van der Waals surface area contributed by atoms with E-state index in [2.05, 4.69) is 5.32 Å². The number of hydrogen-bond acceptors (Lipinski definition) is 17. The van der Waals surface area contributed by atoms with E-state index >= 15 is 0 Å². The Balaban J connectivity index is -0.000000766. The van der Waals surface area contributed by atoms with Crippen LogP contribution in [0.25, 0.3) is 0 Å². The first-order valence-corrected chi connectivity index (χ1v) is 19.4. The molecule has 0 saturated carbocycles. The molecule has 19 nitrogen and oxygen atoms in total. The Labute approximate surface area is 287 Å². The van der Waals surface area contributed by atoms with Crippen molar-refractivity contribution >= 4 is 50.9 Å². The monoisotopic (exact) mass is 752 g/mol. The summed E-state index contributed by atoms with van der Waals surface area (Å²) in [6, 6.07) is 0. The second kappa shape index (κ2) is 29.9. The number of rotatable bonds is 23. The number of carbonyl (C=O) groups is 6. The number of aliphatic carboxylic acids is 1. The number of nitrogens with two attached hydrogens (primary N) is 1. The fourth-order valence-corrected chi connectivity index (χ4v) is 3.94. The molecule has 4 N–H and O–H groups in total. The van der Waals surface area contributed by atoms with Crippen LogP contribution in [0.3, 0.4) is 0 Å². The largest absolute Gasteiger partial charge is 0.481 e. The lowest BCUT2D eigenvalue weighted by Gasteiger charge is -2.20. The Hall–Kier alpha value is -2.92. The van der Waals surface area contributed by atoms with Crippen molar-refractivity contribution in [3.63, 3.8) is 0 Å². The molecule has 0 aliphatic carbocycles. The van der Waals surface area contributed by atoms with Gasteiger partial charge in [0, 0.05) is 51.9 Å². The van der Waals surface area contributed by atoms with Crippen molar-refractivity contribution in [2.75, 3.05) is 53.2 Å². The molecule has 21 heteroatoms. The molecular formula is C28H54N2O17P2. The Morgan fingerprint density at radius 1 is 0.592 bits per heavy atom. The maximum Gasteiger partial charge on any atom is 0.329 e. The average Bonchev–Trinajstić information content (AvgIpc) is 3.06. The summed E-state index contributed by atoms with van der Waals surface area (Å²) in [6.07, 6.45) is -0.541. The molecule has 288 valence electrons. The van der Waals surface area contributed by atoms with Gasteiger partial charge in [0.1, 0.15) is 26.7 Å². The number of carbonyl (C=O) groups excluding carboxylic acids is 5. The van der Waals surface area contributed by atoms with Crippen LogP contribution in [0.2, 0.25) is 0 Å². The molecule has 0 rings (SSSR count). The minimum atomic E-state index is -3.47. The normalized spacial score (nSPS) is 14.0. The van der Waals surface area contributed by atoms with Gasteiger partial charge in [0.25, 0.3) is 0 Å². The number of ether oxygens (including phenoxy) is 4. The van der Waals surface area contributed by atoms with Gasteiger partial charge in [-0.3, -0.25) is 46.9 Å². The number of nitrogens with one attached hydrogen (secondary N) is 1. The van der Waals surface area contributed by atoms with Crippen molar-refractivity contribution in [3.05, 3.63) is 0 Å². The summed E-state index contributed by atoms with van der Waals surface area (Å²) in [5.41, 5.74) is 5.11. The van der Waals surface area contributed by atoms with Crippen molar-refractivity contribution in [3.8, 4) is 0 Å². The second-order valence-electron chi connectivity index (χ2n) is 9.41. The molecule has 0 bridgehead atoms. The van der Waals surface area contributed by atoms with E-state index in [1.165, 1.54) is 13.3 Å². The van der Waals surface area contributed by atoms with Gasteiger partial charge < -0.3 is 44.2 Å². The molecule has 0 aliphatic heterocycles. The maximum absolute atomic E-state index is 12.1.